The van der Waals surface area contributed by atoms with E-state index in [1.54, 1.807) is 19.2 Å². The fourth-order valence-corrected chi connectivity index (χ4v) is 3.49. The zero-order chi connectivity index (χ0) is 15.6. The van der Waals surface area contributed by atoms with Crippen molar-refractivity contribution in [2.24, 2.45) is 0 Å². The monoisotopic (exact) mass is 325 g/mol. The van der Waals surface area contributed by atoms with Crippen molar-refractivity contribution in [3.8, 4) is 0 Å². The van der Waals surface area contributed by atoms with Gasteiger partial charge < -0.3 is 4.90 Å². The number of benzene rings is 1. The van der Waals surface area contributed by atoms with Crippen molar-refractivity contribution in [1.82, 2.24) is 4.90 Å². The van der Waals surface area contributed by atoms with E-state index >= 15 is 0 Å². The number of aryl methyl sites for hydroxylation is 2. The van der Waals surface area contributed by atoms with Crippen LogP contribution in [0.25, 0.3) is 0 Å². The van der Waals surface area contributed by atoms with Gasteiger partial charge in [-0.1, -0.05) is 24.6 Å². The van der Waals surface area contributed by atoms with Gasteiger partial charge in [-0.2, -0.15) is 0 Å². The van der Waals surface area contributed by atoms with Gasteiger partial charge in [0.2, 0.25) is 0 Å². The zero-order valence-electron chi connectivity index (χ0n) is 12.2. The Morgan fingerprint density at radius 3 is 2.71 bits per heavy atom. The molecule has 0 aliphatic carbocycles. The third-order valence-electron chi connectivity index (χ3n) is 3.36. The van der Waals surface area contributed by atoms with E-state index in [1.165, 1.54) is 27.2 Å². The Morgan fingerprint density at radius 2 is 2.14 bits per heavy atom. The number of halogens is 2. The second-order valence-electron chi connectivity index (χ2n) is 4.93. The van der Waals surface area contributed by atoms with Gasteiger partial charge in [-0.25, -0.2) is 4.39 Å². The van der Waals surface area contributed by atoms with Crippen LogP contribution in [-0.2, 0) is 13.0 Å². The van der Waals surface area contributed by atoms with Crippen LogP contribution in [0.5, 0.6) is 0 Å². The fourth-order valence-electron chi connectivity index (χ4n) is 2.16. The first kappa shape index (κ1) is 16.0. The molecule has 2 rings (SSSR count). The number of thiophene rings is 1. The predicted octanol–water partition coefficient (Wildman–Crippen LogP) is 4.68. The first-order valence-electron chi connectivity index (χ1n) is 6.71. The molecule has 0 radical (unpaired) electrons. The lowest BCUT2D eigenvalue weighted by atomic mass is 10.2. The normalized spacial score (nSPS) is 10.7. The van der Waals surface area contributed by atoms with E-state index in [0.717, 1.165) is 12.0 Å². The van der Waals surface area contributed by atoms with Gasteiger partial charge in [0.05, 0.1) is 11.4 Å². The highest BCUT2D eigenvalue weighted by atomic mass is 35.5. The van der Waals surface area contributed by atoms with Crippen LogP contribution >= 0.6 is 22.9 Å². The lowest BCUT2D eigenvalue weighted by molar-refractivity contribution is 0.0788. The summed E-state index contributed by atoms with van der Waals surface area (Å²) in [6, 6.07) is 6.43. The third kappa shape index (κ3) is 3.44. The van der Waals surface area contributed by atoms with Crippen molar-refractivity contribution < 1.29 is 9.18 Å². The van der Waals surface area contributed by atoms with Gasteiger partial charge in [-0.05, 0) is 37.1 Å². The van der Waals surface area contributed by atoms with Gasteiger partial charge in [-0.15, -0.1) is 11.3 Å². The quantitative estimate of drug-likeness (QED) is 0.799. The van der Waals surface area contributed by atoms with Crippen molar-refractivity contribution in [3.63, 3.8) is 0 Å². The minimum atomic E-state index is -0.390. The number of amides is 1. The van der Waals surface area contributed by atoms with Crippen LogP contribution in [-0.4, -0.2) is 17.9 Å². The highest BCUT2D eigenvalue weighted by molar-refractivity contribution is 7.14. The van der Waals surface area contributed by atoms with Crippen LogP contribution in [0.2, 0.25) is 5.02 Å². The lowest BCUT2D eigenvalue weighted by Crippen LogP contribution is -2.26. The Bertz CT molecular complexity index is 648. The van der Waals surface area contributed by atoms with Gasteiger partial charge >= 0.3 is 0 Å². The van der Waals surface area contributed by atoms with E-state index in [2.05, 4.69) is 6.92 Å². The van der Waals surface area contributed by atoms with Crippen LogP contribution in [0.1, 0.15) is 32.6 Å². The molecule has 1 amide bonds. The second kappa shape index (κ2) is 6.58. The van der Waals surface area contributed by atoms with Crippen molar-refractivity contribution >= 4 is 28.8 Å². The first-order chi connectivity index (χ1) is 9.93. The van der Waals surface area contributed by atoms with E-state index < -0.39 is 5.82 Å². The van der Waals surface area contributed by atoms with Crippen LogP contribution < -0.4 is 0 Å². The largest absolute Gasteiger partial charge is 0.337 e. The Morgan fingerprint density at radius 1 is 1.43 bits per heavy atom. The molecule has 112 valence electrons. The maximum atomic E-state index is 13.8. The smallest absolute Gasteiger partial charge is 0.263 e. The van der Waals surface area contributed by atoms with Gasteiger partial charge in [0.15, 0.2) is 0 Å². The SMILES string of the molecule is CCc1sc(C(=O)N(C)Cc2c(F)cccc2Cl)cc1C. The molecule has 0 aliphatic heterocycles. The molecule has 2 aromatic rings. The van der Waals surface area contributed by atoms with E-state index in [0.29, 0.717) is 15.5 Å². The summed E-state index contributed by atoms with van der Waals surface area (Å²) in [6.07, 6.45) is 0.909. The molecule has 0 aliphatic rings. The van der Waals surface area contributed by atoms with Crippen molar-refractivity contribution in [2.45, 2.75) is 26.8 Å². The summed E-state index contributed by atoms with van der Waals surface area (Å²) in [5, 5.41) is 0.339. The molecule has 0 saturated carbocycles. The molecule has 0 fully saturated rings. The molecule has 0 N–H and O–H groups in total. The van der Waals surface area contributed by atoms with Gasteiger partial charge in [0.25, 0.3) is 5.91 Å². The molecule has 1 aromatic heterocycles. The first-order valence-corrected chi connectivity index (χ1v) is 7.91. The molecule has 1 aromatic carbocycles. The predicted molar refractivity (Wildman–Crippen MR) is 85.6 cm³/mol. The summed E-state index contributed by atoms with van der Waals surface area (Å²) in [5.74, 6) is -0.499. The van der Waals surface area contributed by atoms with Crippen LogP contribution in [0.3, 0.4) is 0 Å². The van der Waals surface area contributed by atoms with E-state index in [4.69, 9.17) is 11.6 Å². The maximum Gasteiger partial charge on any atom is 0.263 e. The molecule has 2 nitrogen and oxygen atoms in total. The van der Waals surface area contributed by atoms with Crippen molar-refractivity contribution in [3.05, 3.63) is 56.0 Å². The summed E-state index contributed by atoms with van der Waals surface area (Å²) in [5.41, 5.74) is 1.47. The van der Waals surface area contributed by atoms with E-state index in [1.807, 2.05) is 13.0 Å². The van der Waals surface area contributed by atoms with Crippen LogP contribution in [0.4, 0.5) is 4.39 Å². The fraction of sp³-hybridized carbons (Fsp3) is 0.312. The average Bonchev–Trinajstić information content (AvgIpc) is 2.83. The molecule has 0 saturated heterocycles. The second-order valence-corrected chi connectivity index (χ2v) is 6.48. The third-order valence-corrected chi connectivity index (χ3v) is 5.08. The average molecular weight is 326 g/mol. The summed E-state index contributed by atoms with van der Waals surface area (Å²) >= 11 is 7.50. The van der Waals surface area contributed by atoms with Gasteiger partial charge in [-0.3, -0.25) is 4.79 Å². The maximum absolute atomic E-state index is 13.8. The Balaban J connectivity index is 2.19. The van der Waals surface area contributed by atoms with Crippen molar-refractivity contribution in [2.75, 3.05) is 7.05 Å². The topological polar surface area (TPSA) is 20.3 Å². The number of rotatable bonds is 4. The van der Waals surface area contributed by atoms with E-state index in [-0.39, 0.29) is 12.5 Å². The molecule has 0 unspecified atom stereocenters. The van der Waals surface area contributed by atoms with Gasteiger partial charge in [0.1, 0.15) is 5.82 Å². The summed E-state index contributed by atoms with van der Waals surface area (Å²) in [6.45, 7) is 4.22. The Kier molecular flexibility index (Phi) is 5.01. The summed E-state index contributed by atoms with van der Waals surface area (Å²) in [4.78, 5) is 15.8. The number of hydrogen-bond acceptors (Lipinski definition) is 2. The number of nitrogens with zero attached hydrogens (tertiary/aromatic N) is 1. The number of carbonyl (C=O) groups is 1. The highest BCUT2D eigenvalue weighted by Gasteiger charge is 2.18. The van der Waals surface area contributed by atoms with Crippen molar-refractivity contribution in [1.29, 1.82) is 0 Å². The lowest BCUT2D eigenvalue weighted by Gasteiger charge is -2.17. The molecule has 21 heavy (non-hydrogen) atoms. The molecular weight excluding hydrogens is 309 g/mol. The number of hydrogen-bond donors (Lipinski definition) is 0. The molecule has 0 bridgehead atoms. The minimum absolute atomic E-state index is 0.109. The molecule has 5 heteroatoms. The van der Waals surface area contributed by atoms with Gasteiger partial charge in [0, 0.05) is 22.5 Å². The molecular formula is C16H17ClFNOS. The molecule has 1 heterocycles. The summed E-state index contributed by atoms with van der Waals surface area (Å²) < 4.78 is 13.8. The van der Waals surface area contributed by atoms with E-state index in [9.17, 15) is 9.18 Å². The van der Waals surface area contributed by atoms with Crippen LogP contribution in [0, 0.1) is 12.7 Å². The summed E-state index contributed by atoms with van der Waals surface area (Å²) in [7, 11) is 1.66. The Labute approximate surface area is 133 Å². The Hall–Kier alpha value is -1.39. The highest BCUT2D eigenvalue weighted by Crippen LogP contribution is 2.25. The van der Waals surface area contributed by atoms with Crippen LogP contribution in [0.15, 0.2) is 24.3 Å². The molecule has 0 spiro atoms. The standard InChI is InChI=1S/C16H17ClFNOS/c1-4-14-10(2)8-15(21-14)16(20)19(3)9-11-12(17)6-5-7-13(11)18/h5-8H,4,9H2,1-3H3. The molecule has 0 atom stereocenters. The zero-order valence-corrected chi connectivity index (χ0v) is 13.8. The minimum Gasteiger partial charge on any atom is -0.337 e. The number of carbonyl (C=O) groups excluding carboxylic acids is 1.